The number of hydrogen-bond acceptors (Lipinski definition) is 5. The Balaban J connectivity index is 1.67. The Labute approximate surface area is 164 Å². The molecule has 1 aliphatic rings. The molecule has 142 valence electrons. The molecule has 0 radical (unpaired) electrons. The molecule has 0 spiro atoms. The van der Waals surface area contributed by atoms with Crippen LogP contribution in [0.3, 0.4) is 0 Å². The van der Waals surface area contributed by atoms with Gasteiger partial charge < -0.3 is 15.0 Å². The van der Waals surface area contributed by atoms with Crippen molar-refractivity contribution in [1.82, 2.24) is 4.90 Å². The number of nitrogens with one attached hydrogen (secondary N) is 1. The summed E-state index contributed by atoms with van der Waals surface area (Å²) in [7, 11) is 0. The Kier molecular flexibility index (Phi) is 8.38. The Hall–Kier alpha value is -1.60. The van der Waals surface area contributed by atoms with Gasteiger partial charge in [0.15, 0.2) is 6.61 Å². The molecule has 1 aromatic carbocycles. The summed E-state index contributed by atoms with van der Waals surface area (Å²) in [5, 5.41) is 2.73. The molecule has 0 unspecified atom stereocenters. The van der Waals surface area contributed by atoms with E-state index in [1.54, 1.807) is 0 Å². The molecule has 1 aromatic rings. The summed E-state index contributed by atoms with van der Waals surface area (Å²) in [6.07, 6.45) is 3.36. The lowest BCUT2D eigenvalue weighted by Crippen LogP contribution is -2.25. The molecule has 0 saturated carbocycles. The van der Waals surface area contributed by atoms with E-state index in [1.165, 1.54) is 17.3 Å². The van der Waals surface area contributed by atoms with Gasteiger partial charge in [0.25, 0.3) is 5.91 Å². The maximum atomic E-state index is 11.9. The average Bonchev–Trinajstić information content (AvgIpc) is 3.19. The summed E-state index contributed by atoms with van der Waals surface area (Å²) in [6, 6.07) is 7.74. The number of amides is 1. The highest BCUT2D eigenvalue weighted by Crippen LogP contribution is 2.20. The lowest BCUT2D eigenvalue weighted by molar-refractivity contribution is -0.144. The van der Waals surface area contributed by atoms with E-state index >= 15 is 0 Å². The van der Waals surface area contributed by atoms with Crippen LogP contribution in [0.5, 0.6) is 0 Å². The predicted molar refractivity (Wildman–Crippen MR) is 111 cm³/mol. The molecule has 1 saturated heterocycles. The zero-order valence-electron chi connectivity index (χ0n) is 15.3. The van der Waals surface area contributed by atoms with Gasteiger partial charge in [-0.15, -0.1) is 0 Å². The second kappa shape index (κ2) is 10.5. The molecule has 0 bridgehead atoms. The third kappa shape index (κ3) is 6.61. The summed E-state index contributed by atoms with van der Waals surface area (Å²) in [5.74, 6) is -0.155. The van der Waals surface area contributed by atoms with Gasteiger partial charge in [0.2, 0.25) is 0 Å². The van der Waals surface area contributed by atoms with Crippen LogP contribution < -0.4 is 5.32 Å². The van der Waals surface area contributed by atoms with Gasteiger partial charge in [-0.25, -0.2) is 0 Å². The monoisotopic (exact) mass is 394 g/mol. The third-order valence-electron chi connectivity index (χ3n) is 4.42. The van der Waals surface area contributed by atoms with Gasteiger partial charge in [0, 0.05) is 18.8 Å². The minimum atomic E-state index is -0.432. The van der Waals surface area contributed by atoms with Crippen LogP contribution in [0.15, 0.2) is 24.3 Å². The summed E-state index contributed by atoms with van der Waals surface area (Å²) in [6.45, 7) is 5.94. The fourth-order valence-corrected chi connectivity index (χ4v) is 3.68. The lowest BCUT2D eigenvalue weighted by Gasteiger charge is -2.17. The fourth-order valence-electron chi connectivity index (χ4n) is 2.63. The molecule has 1 atom stereocenters. The van der Waals surface area contributed by atoms with E-state index in [4.69, 9.17) is 17.0 Å². The van der Waals surface area contributed by atoms with Crippen molar-refractivity contribution in [3.05, 3.63) is 29.8 Å². The first-order valence-electron chi connectivity index (χ1n) is 8.96. The minimum Gasteiger partial charge on any atom is -0.455 e. The molecule has 1 amide bonds. The van der Waals surface area contributed by atoms with Gasteiger partial charge in [-0.05, 0) is 42.9 Å². The molecule has 1 heterocycles. The third-order valence-corrected chi connectivity index (χ3v) is 5.91. The van der Waals surface area contributed by atoms with Gasteiger partial charge in [-0.1, -0.05) is 50.0 Å². The van der Waals surface area contributed by atoms with Crippen LogP contribution in [0.25, 0.3) is 0 Å². The topological polar surface area (TPSA) is 58.6 Å². The maximum absolute atomic E-state index is 11.9. The van der Waals surface area contributed by atoms with Crippen molar-refractivity contribution < 1.29 is 14.3 Å². The summed E-state index contributed by atoms with van der Waals surface area (Å²) >= 11 is 6.59. The Morgan fingerprint density at radius 1 is 1.27 bits per heavy atom. The lowest BCUT2D eigenvalue weighted by atomic mass is 9.99. The zero-order valence-corrected chi connectivity index (χ0v) is 17.0. The van der Waals surface area contributed by atoms with Crippen molar-refractivity contribution in [3.8, 4) is 0 Å². The largest absolute Gasteiger partial charge is 0.455 e. The number of rotatable bonds is 7. The molecule has 7 heteroatoms. The van der Waals surface area contributed by atoms with Gasteiger partial charge >= 0.3 is 5.97 Å². The predicted octanol–water partition coefficient (Wildman–Crippen LogP) is 3.80. The standard InChI is InChI=1S/C19H26N2O3S2/c1-3-14(2)15-6-8-16(9-7-15)20-17(22)12-24-18(23)13-26-19(25)21-10-4-5-11-21/h6-9,14H,3-5,10-13H2,1-2H3,(H,20,22)/t14-/m0/s1. The van der Waals surface area contributed by atoms with Crippen molar-refractivity contribution in [3.63, 3.8) is 0 Å². The number of carbonyl (C=O) groups excluding carboxylic acids is 2. The van der Waals surface area contributed by atoms with E-state index in [2.05, 4.69) is 24.1 Å². The number of benzene rings is 1. The second-order valence-corrected chi connectivity index (χ2v) is 8.00. The quantitative estimate of drug-likeness (QED) is 0.561. The van der Waals surface area contributed by atoms with E-state index in [1.807, 2.05) is 24.3 Å². The number of esters is 1. The van der Waals surface area contributed by atoms with Gasteiger partial charge in [0.1, 0.15) is 4.32 Å². The highest BCUT2D eigenvalue weighted by molar-refractivity contribution is 8.23. The zero-order chi connectivity index (χ0) is 18.9. The molecule has 0 aliphatic carbocycles. The molecule has 5 nitrogen and oxygen atoms in total. The van der Waals surface area contributed by atoms with Crippen molar-refractivity contribution >= 4 is 45.9 Å². The summed E-state index contributed by atoms with van der Waals surface area (Å²) in [5.41, 5.74) is 1.94. The van der Waals surface area contributed by atoms with Crippen LogP contribution in [-0.4, -0.2) is 46.5 Å². The van der Waals surface area contributed by atoms with Crippen molar-refractivity contribution in [2.45, 2.75) is 39.0 Å². The number of thioether (sulfide) groups is 1. The van der Waals surface area contributed by atoms with E-state index in [0.29, 0.717) is 11.6 Å². The Morgan fingerprint density at radius 2 is 1.92 bits per heavy atom. The highest BCUT2D eigenvalue weighted by Gasteiger charge is 2.17. The van der Waals surface area contributed by atoms with Crippen LogP contribution in [0.4, 0.5) is 5.69 Å². The van der Waals surface area contributed by atoms with E-state index < -0.39 is 5.97 Å². The van der Waals surface area contributed by atoms with Gasteiger partial charge in [-0.2, -0.15) is 0 Å². The van der Waals surface area contributed by atoms with Gasteiger partial charge in [-0.3, -0.25) is 9.59 Å². The first-order chi connectivity index (χ1) is 12.5. The molecular formula is C19H26N2O3S2. The SMILES string of the molecule is CC[C@H](C)c1ccc(NC(=O)COC(=O)CSC(=S)N2CCCC2)cc1. The molecular weight excluding hydrogens is 368 g/mol. The molecule has 1 fully saturated rings. The second-order valence-electron chi connectivity index (χ2n) is 6.39. The normalized spacial score (nSPS) is 14.8. The maximum Gasteiger partial charge on any atom is 0.316 e. The average molecular weight is 395 g/mol. The van der Waals surface area contributed by atoms with Crippen molar-refractivity contribution in [1.29, 1.82) is 0 Å². The molecule has 1 N–H and O–H groups in total. The van der Waals surface area contributed by atoms with Crippen LogP contribution in [-0.2, 0) is 14.3 Å². The number of likely N-dealkylation sites (tertiary alicyclic amines) is 1. The van der Waals surface area contributed by atoms with Crippen LogP contribution in [0, 0.1) is 0 Å². The molecule has 26 heavy (non-hydrogen) atoms. The number of nitrogens with zero attached hydrogens (tertiary/aromatic N) is 1. The minimum absolute atomic E-state index is 0.131. The molecule has 1 aliphatic heterocycles. The van der Waals surface area contributed by atoms with E-state index in [9.17, 15) is 9.59 Å². The Bertz CT molecular complexity index is 628. The van der Waals surface area contributed by atoms with Crippen molar-refractivity contribution in [2.24, 2.45) is 0 Å². The number of carbonyl (C=O) groups is 2. The van der Waals surface area contributed by atoms with E-state index in [-0.39, 0.29) is 18.3 Å². The van der Waals surface area contributed by atoms with Crippen LogP contribution in [0.2, 0.25) is 0 Å². The molecule has 0 aromatic heterocycles. The first kappa shape index (κ1) is 20.7. The first-order valence-corrected chi connectivity index (χ1v) is 10.4. The smallest absolute Gasteiger partial charge is 0.316 e. The van der Waals surface area contributed by atoms with Crippen LogP contribution >= 0.6 is 24.0 Å². The number of thiocarbonyl (C=S) groups is 1. The summed E-state index contributed by atoms with van der Waals surface area (Å²) < 4.78 is 5.75. The Morgan fingerprint density at radius 3 is 2.54 bits per heavy atom. The highest BCUT2D eigenvalue weighted by atomic mass is 32.2. The fraction of sp³-hybridized carbons (Fsp3) is 0.526. The van der Waals surface area contributed by atoms with Gasteiger partial charge in [0.05, 0.1) is 5.75 Å². The van der Waals surface area contributed by atoms with Crippen molar-refractivity contribution in [2.75, 3.05) is 30.8 Å². The summed E-state index contributed by atoms with van der Waals surface area (Å²) in [4.78, 5) is 25.8. The number of hydrogen-bond donors (Lipinski definition) is 1. The molecule has 2 rings (SSSR count). The number of anilines is 1. The van der Waals surface area contributed by atoms with Crippen LogP contribution in [0.1, 0.15) is 44.6 Å². The number of ether oxygens (including phenoxy) is 1. The van der Waals surface area contributed by atoms with E-state index in [0.717, 1.165) is 36.7 Å².